The maximum atomic E-state index is 12.4. The van der Waals surface area contributed by atoms with E-state index in [1.165, 1.54) is 0 Å². The van der Waals surface area contributed by atoms with Crippen LogP contribution in [0.3, 0.4) is 0 Å². The van der Waals surface area contributed by atoms with Gasteiger partial charge in [0.25, 0.3) is 0 Å². The van der Waals surface area contributed by atoms with Crippen LogP contribution in [0.25, 0.3) is 0 Å². The van der Waals surface area contributed by atoms with Gasteiger partial charge in [-0.15, -0.1) is 0 Å². The molecule has 0 radical (unpaired) electrons. The van der Waals surface area contributed by atoms with Gasteiger partial charge in [-0.05, 0) is 37.3 Å². The van der Waals surface area contributed by atoms with E-state index in [1.54, 1.807) is 0 Å². The van der Waals surface area contributed by atoms with Crippen LogP contribution in [-0.4, -0.2) is 29.9 Å². The van der Waals surface area contributed by atoms with Crippen molar-refractivity contribution in [3.63, 3.8) is 0 Å². The Hall–Kier alpha value is -1.06. The fourth-order valence-electron chi connectivity index (χ4n) is 2.51. The molecule has 0 bridgehead atoms. The van der Waals surface area contributed by atoms with Crippen molar-refractivity contribution in [1.29, 1.82) is 0 Å². The Kier molecular flexibility index (Phi) is 5.65. The molecule has 1 atom stereocenters. The summed E-state index contributed by atoms with van der Waals surface area (Å²) in [6.45, 7) is 7.57. The Morgan fingerprint density at radius 2 is 2.00 bits per heavy atom. The highest BCUT2D eigenvalue weighted by Crippen LogP contribution is 2.28. The number of halogens is 1. The second kappa shape index (κ2) is 7.28. The second-order valence-corrected chi connectivity index (χ2v) is 6.70. The van der Waals surface area contributed by atoms with E-state index in [-0.39, 0.29) is 11.9 Å². The Bertz CT molecular complexity index is 485. The minimum Gasteiger partial charge on any atom is -0.338 e. The van der Waals surface area contributed by atoms with Crippen LogP contribution in [0.1, 0.15) is 45.2 Å². The number of carbonyl (C=O) groups is 1. The fourth-order valence-corrected chi connectivity index (χ4v) is 2.81. The molecule has 21 heavy (non-hydrogen) atoms. The molecular weight excluding hydrogens is 284 g/mol. The third-order valence-corrected chi connectivity index (χ3v) is 4.15. The molecule has 116 valence electrons. The van der Waals surface area contributed by atoms with Gasteiger partial charge in [-0.3, -0.25) is 4.79 Å². The Labute approximate surface area is 132 Å². The van der Waals surface area contributed by atoms with Crippen molar-refractivity contribution < 1.29 is 4.79 Å². The summed E-state index contributed by atoms with van der Waals surface area (Å²) in [5, 5.41) is 4.04. The molecule has 1 amide bonds. The van der Waals surface area contributed by atoms with Crippen molar-refractivity contribution >= 4 is 17.5 Å². The molecule has 1 unspecified atom stereocenters. The summed E-state index contributed by atoms with van der Waals surface area (Å²) >= 11 is 6.19. The molecule has 1 saturated carbocycles. The molecule has 0 heterocycles. The van der Waals surface area contributed by atoms with Crippen LogP contribution in [0.15, 0.2) is 24.3 Å². The minimum atomic E-state index is 0.0720. The first kappa shape index (κ1) is 16.3. The molecule has 0 spiro atoms. The molecule has 1 aliphatic rings. The molecule has 1 N–H and O–H groups in total. The molecule has 4 heteroatoms. The molecule has 1 fully saturated rings. The van der Waals surface area contributed by atoms with Crippen LogP contribution in [0.4, 0.5) is 0 Å². The quantitative estimate of drug-likeness (QED) is 0.834. The SMILES string of the molecule is CC(C)CN(C(=O)CNC(C)c1ccccc1Cl)C1CC1. The zero-order chi connectivity index (χ0) is 15.4. The van der Waals surface area contributed by atoms with Crippen molar-refractivity contribution in [3.8, 4) is 0 Å². The number of rotatable bonds is 7. The first-order valence-corrected chi connectivity index (χ1v) is 8.14. The van der Waals surface area contributed by atoms with Crippen LogP contribution in [0, 0.1) is 5.92 Å². The summed E-state index contributed by atoms with van der Waals surface area (Å²) in [5.41, 5.74) is 1.04. The largest absolute Gasteiger partial charge is 0.338 e. The summed E-state index contributed by atoms with van der Waals surface area (Å²) in [7, 11) is 0. The number of nitrogens with zero attached hydrogens (tertiary/aromatic N) is 1. The second-order valence-electron chi connectivity index (χ2n) is 6.30. The molecule has 0 aromatic heterocycles. The van der Waals surface area contributed by atoms with Gasteiger partial charge in [-0.1, -0.05) is 43.6 Å². The van der Waals surface area contributed by atoms with E-state index in [4.69, 9.17) is 11.6 Å². The molecule has 1 aromatic carbocycles. The predicted octanol–water partition coefficient (Wildman–Crippen LogP) is 3.64. The Morgan fingerprint density at radius 1 is 1.33 bits per heavy atom. The van der Waals surface area contributed by atoms with Crippen molar-refractivity contribution in [2.75, 3.05) is 13.1 Å². The zero-order valence-electron chi connectivity index (χ0n) is 13.1. The van der Waals surface area contributed by atoms with Gasteiger partial charge in [-0.2, -0.15) is 0 Å². The van der Waals surface area contributed by atoms with Gasteiger partial charge in [0, 0.05) is 23.7 Å². The molecule has 1 aliphatic carbocycles. The number of amides is 1. The van der Waals surface area contributed by atoms with Crippen LogP contribution in [0.5, 0.6) is 0 Å². The Balaban J connectivity index is 1.89. The standard InChI is InChI=1S/C17H25ClN2O/c1-12(2)11-20(14-8-9-14)17(21)10-19-13(3)15-6-4-5-7-16(15)18/h4-7,12-14,19H,8-11H2,1-3H3. The lowest BCUT2D eigenvalue weighted by Gasteiger charge is -2.25. The molecule has 0 aliphatic heterocycles. The summed E-state index contributed by atoms with van der Waals surface area (Å²) in [5.74, 6) is 0.709. The molecule has 0 saturated heterocycles. The van der Waals surface area contributed by atoms with Gasteiger partial charge >= 0.3 is 0 Å². The highest BCUT2D eigenvalue weighted by molar-refractivity contribution is 6.31. The van der Waals surface area contributed by atoms with E-state index in [0.29, 0.717) is 18.5 Å². The smallest absolute Gasteiger partial charge is 0.236 e. The van der Waals surface area contributed by atoms with E-state index < -0.39 is 0 Å². The first-order chi connectivity index (χ1) is 9.99. The number of nitrogens with one attached hydrogen (secondary N) is 1. The van der Waals surface area contributed by atoms with Crippen molar-refractivity contribution in [2.24, 2.45) is 5.92 Å². The summed E-state index contributed by atoms with van der Waals surface area (Å²) in [4.78, 5) is 14.4. The average molecular weight is 309 g/mol. The van der Waals surface area contributed by atoms with E-state index in [9.17, 15) is 4.79 Å². The monoisotopic (exact) mass is 308 g/mol. The number of benzene rings is 1. The van der Waals surface area contributed by atoms with Gasteiger partial charge in [0.15, 0.2) is 0 Å². The third-order valence-electron chi connectivity index (χ3n) is 3.80. The molecule has 3 nitrogen and oxygen atoms in total. The number of hydrogen-bond donors (Lipinski definition) is 1. The lowest BCUT2D eigenvalue weighted by atomic mass is 10.1. The number of carbonyl (C=O) groups excluding carboxylic acids is 1. The van der Waals surface area contributed by atoms with Gasteiger partial charge < -0.3 is 10.2 Å². The van der Waals surface area contributed by atoms with Gasteiger partial charge in [0.05, 0.1) is 6.54 Å². The first-order valence-electron chi connectivity index (χ1n) is 7.76. The minimum absolute atomic E-state index is 0.0720. The van der Waals surface area contributed by atoms with Crippen molar-refractivity contribution in [3.05, 3.63) is 34.9 Å². The third kappa shape index (κ3) is 4.72. The lowest BCUT2D eigenvalue weighted by molar-refractivity contribution is -0.131. The van der Waals surface area contributed by atoms with E-state index in [0.717, 1.165) is 30.0 Å². The van der Waals surface area contributed by atoms with Gasteiger partial charge in [0.2, 0.25) is 5.91 Å². The topological polar surface area (TPSA) is 32.3 Å². The number of hydrogen-bond acceptors (Lipinski definition) is 2. The normalized spacial score (nSPS) is 16.0. The fraction of sp³-hybridized carbons (Fsp3) is 0.588. The van der Waals surface area contributed by atoms with Crippen LogP contribution in [0.2, 0.25) is 5.02 Å². The van der Waals surface area contributed by atoms with Crippen LogP contribution < -0.4 is 5.32 Å². The van der Waals surface area contributed by atoms with Crippen molar-refractivity contribution in [1.82, 2.24) is 10.2 Å². The lowest BCUT2D eigenvalue weighted by Crippen LogP contribution is -2.42. The summed E-state index contributed by atoms with van der Waals surface area (Å²) in [6, 6.07) is 8.31. The molecular formula is C17H25ClN2O. The van der Waals surface area contributed by atoms with E-state index in [2.05, 4.69) is 19.2 Å². The summed E-state index contributed by atoms with van der Waals surface area (Å²) < 4.78 is 0. The molecule has 1 aromatic rings. The zero-order valence-corrected chi connectivity index (χ0v) is 13.9. The van der Waals surface area contributed by atoms with Crippen LogP contribution in [-0.2, 0) is 4.79 Å². The van der Waals surface area contributed by atoms with E-state index >= 15 is 0 Å². The maximum absolute atomic E-state index is 12.4. The average Bonchev–Trinajstić information content (AvgIpc) is 3.26. The van der Waals surface area contributed by atoms with Crippen LogP contribution >= 0.6 is 11.6 Å². The van der Waals surface area contributed by atoms with Gasteiger partial charge in [0.1, 0.15) is 0 Å². The predicted molar refractivity (Wildman–Crippen MR) is 87.4 cm³/mol. The Morgan fingerprint density at radius 3 is 2.57 bits per heavy atom. The molecule has 2 rings (SSSR count). The maximum Gasteiger partial charge on any atom is 0.236 e. The highest BCUT2D eigenvalue weighted by atomic mass is 35.5. The highest BCUT2D eigenvalue weighted by Gasteiger charge is 2.32. The van der Waals surface area contributed by atoms with E-state index in [1.807, 2.05) is 36.1 Å². The van der Waals surface area contributed by atoms with Crippen molar-refractivity contribution in [2.45, 2.75) is 45.7 Å². The van der Waals surface area contributed by atoms with Gasteiger partial charge in [-0.25, -0.2) is 0 Å². The summed E-state index contributed by atoms with van der Waals surface area (Å²) in [6.07, 6.45) is 2.30.